The largest absolute Gasteiger partial charge is 0.439 e. The van der Waals surface area contributed by atoms with E-state index in [0.717, 1.165) is 33.2 Å². The number of aromatic nitrogens is 2. The summed E-state index contributed by atoms with van der Waals surface area (Å²) in [6.07, 6.45) is 1.12. The minimum Gasteiger partial charge on any atom is -0.439 e. The second-order valence-corrected chi connectivity index (χ2v) is 7.34. The number of hydrogen-bond acceptors (Lipinski definition) is 6. The molecule has 0 spiro atoms. The Balaban J connectivity index is 1.49. The van der Waals surface area contributed by atoms with Gasteiger partial charge in [0.2, 0.25) is 5.91 Å². The van der Waals surface area contributed by atoms with Gasteiger partial charge in [-0.15, -0.1) is 0 Å². The average Bonchev–Trinajstić information content (AvgIpc) is 3.36. The second-order valence-electron chi connectivity index (χ2n) is 6.36. The molecule has 8 nitrogen and oxygen atoms in total. The van der Waals surface area contributed by atoms with Crippen molar-refractivity contribution in [1.82, 2.24) is 20.0 Å². The van der Waals surface area contributed by atoms with E-state index in [2.05, 4.69) is 10.4 Å². The van der Waals surface area contributed by atoms with Crippen molar-refractivity contribution in [2.24, 2.45) is 0 Å². The quantitative estimate of drug-likeness (QED) is 0.808. The third kappa shape index (κ3) is 3.68. The highest BCUT2D eigenvalue weighted by molar-refractivity contribution is 7.98. The van der Waals surface area contributed by atoms with Crippen molar-refractivity contribution in [3.05, 3.63) is 53.3 Å². The first-order chi connectivity index (χ1) is 13.1. The summed E-state index contributed by atoms with van der Waals surface area (Å²) in [5, 5.41) is 7.21. The van der Waals surface area contributed by atoms with E-state index in [1.54, 1.807) is 22.6 Å². The van der Waals surface area contributed by atoms with Crippen LogP contribution in [0.1, 0.15) is 22.9 Å². The van der Waals surface area contributed by atoms with Crippen LogP contribution in [0.15, 0.2) is 36.5 Å². The number of amides is 3. The molecular weight excluding hydrogens is 368 g/mol. The number of rotatable bonds is 6. The van der Waals surface area contributed by atoms with Crippen molar-refractivity contribution in [2.75, 3.05) is 13.2 Å². The number of carbonyl (C=O) groups excluding carboxylic acids is 3. The molecule has 1 atom stereocenters. The number of cyclic esters (lactones) is 1. The van der Waals surface area contributed by atoms with Crippen LogP contribution in [0.25, 0.3) is 0 Å². The standard InChI is InChI=1S/C18H18N4O4S/c23-16(8-22-15-11-27-10-13(15)6-19-22)20-14(12-4-2-1-3-5-12)7-21-17(24)9-26-18(21)25/h1-6,14H,7-11H2,(H,20,23). The highest BCUT2D eigenvalue weighted by Crippen LogP contribution is 2.29. The molecule has 27 heavy (non-hydrogen) atoms. The lowest BCUT2D eigenvalue weighted by Gasteiger charge is -2.23. The molecule has 9 heteroatoms. The highest BCUT2D eigenvalue weighted by Gasteiger charge is 2.33. The van der Waals surface area contributed by atoms with E-state index in [1.165, 1.54) is 0 Å². The van der Waals surface area contributed by atoms with Gasteiger partial charge in [-0.3, -0.25) is 14.3 Å². The first-order valence-electron chi connectivity index (χ1n) is 8.54. The number of imide groups is 1. The van der Waals surface area contributed by atoms with Crippen molar-refractivity contribution in [1.29, 1.82) is 0 Å². The fraction of sp³-hybridized carbons (Fsp3) is 0.333. The van der Waals surface area contributed by atoms with E-state index in [4.69, 9.17) is 4.74 Å². The van der Waals surface area contributed by atoms with Crippen molar-refractivity contribution < 1.29 is 19.1 Å². The molecule has 0 radical (unpaired) electrons. The summed E-state index contributed by atoms with van der Waals surface area (Å²) < 4.78 is 6.47. The monoisotopic (exact) mass is 386 g/mol. The number of nitrogens with one attached hydrogen (secondary N) is 1. The Morgan fingerprint density at radius 1 is 1.26 bits per heavy atom. The summed E-state index contributed by atoms with van der Waals surface area (Å²) in [5.41, 5.74) is 3.04. The maximum Gasteiger partial charge on any atom is 0.417 e. The Morgan fingerprint density at radius 3 is 2.81 bits per heavy atom. The molecule has 1 fully saturated rings. The Kier molecular flexibility index (Phi) is 4.85. The maximum atomic E-state index is 12.6. The van der Waals surface area contributed by atoms with Gasteiger partial charge in [0.15, 0.2) is 6.61 Å². The van der Waals surface area contributed by atoms with Gasteiger partial charge in [0, 0.05) is 17.1 Å². The zero-order valence-electron chi connectivity index (χ0n) is 14.5. The molecule has 2 aliphatic heterocycles. The molecule has 0 saturated carbocycles. The number of benzene rings is 1. The molecule has 140 valence electrons. The first kappa shape index (κ1) is 17.6. The number of fused-ring (bicyclic) bond motifs is 1. The van der Waals surface area contributed by atoms with Crippen LogP contribution in [0, 0.1) is 0 Å². The van der Waals surface area contributed by atoms with Crippen molar-refractivity contribution >= 4 is 29.7 Å². The molecule has 0 bridgehead atoms. The zero-order chi connectivity index (χ0) is 18.8. The van der Waals surface area contributed by atoms with Gasteiger partial charge >= 0.3 is 6.09 Å². The lowest BCUT2D eigenvalue weighted by molar-refractivity contribution is -0.127. The third-order valence-electron chi connectivity index (χ3n) is 4.57. The van der Waals surface area contributed by atoms with Gasteiger partial charge in [0.25, 0.3) is 5.91 Å². The molecule has 3 heterocycles. The fourth-order valence-corrected chi connectivity index (χ4v) is 4.26. The van der Waals surface area contributed by atoms with Crippen LogP contribution >= 0.6 is 11.8 Å². The second kappa shape index (κ2) is 7.43. The Morgan fingerprint density at radius 2 is 2.07 bits per heavy atom. The Bertz CT molecular complexity index is 867. The van der Waals surface area contributed by atoms with Gasteiger partial charge < -0.3 is 10.1 Å². The summed E-state index contributed by atoms with van der Waals surface area (Å²) in [4.78, 5) is 37.3. The summed E-state index contributed by atoms with van der Waals surface area (Å²) in [6, 6.07) is 8.72. The molecule has 1 N–H and O–H groups in total. The highest BCUT2D eigenvalue weighted by atomic mass is 32.2. The molecule has 2 aliphatic rings. The molecule has 0 aliphatic carbocycles. The average molecular weight is 386 g/mol. The van der Waals surface area contributed by atoms with Gasteiger partial charge in [-0.05, 0) is 5.56 Å². The number of carbonyl (C=O) groups is 3. The predicted molar refractivity (Wildman–Crippen MR) is 97.6 cm³/mol. The topological polar surface area (TPSA) is 93.5 Å². The van der Waals surface area contributed by atoms with Gasteiger partial charge in [-0.2, -0.15) is 16.9 Å². The van der Waals surface area contributed by atoms with E-state index < -0.39 is 18.0 Å². The van der Waals surface area contributed by atoms with Crippen LogP contribution in [-0.4, -0.2) is 45.7 Å². The summed E-state index contributed by atoms with van der Waals surface area (Å²) >= 11 is 1.80. The van der Waals surface area contributed by atoms with E-state index in [-0.39, 0.29) is 25.6 Å². The van der Waals surface area contributed by atoms with E-state index in [0.29, 0.717) is 0 Å². The van der Waals surface area contributed by atoms with Crippen LogP contribution < -0.4 is 5.32 Å². The minimum absolute atomic E-state index is 0.0283. The smallest absolute Gasteiger partial charge is 0.417 e. The van der Waals surface area contributed by atoms with Crippen LogP contribution in [0.2, 0.25) is 0 Å². The van der Waals surface area contributed by atoms with Gasteiger partial charge in [-0.25, -0.2) is 9.69 Å². The lowest BCUT2D eigenvalue weighted by atomic mass is 10.1. The summed E-state index contributed by atoms with van der Waals surface area (Å²) in [6.45, 7) is -0.135. The number of nitrogens with zero attached hydrogens (tertiary/aromatic N) is 3. The van der Waals surface area contributed by atoms with Gasteiger partial charge in [0.05, 0.1) is 24.5 Å². The van der Waals surface area contributed by atoms with Crippen LogP contribution in [0.3, 0.4) is 0 Å². The van der Waals surface area contributed by atoms with Crippen LogP contribution in [0.4, 0.5) is 4.79 Å². The van der Waals surface area contributed by atoms with Crippen molar-refractivity contribution in [3.63, 3.8) is 0 Å². The maximum absolute atomic E-state index is 12.6. The van der Waals surface area contributed by atoms with Gasteiger partial charge in [-0.1, -0.05) is 30.3 Å². The molecule has 1 unspecified atom stereocenters. The Labute approximate surface area is 159 Å². The molecule has 4 rings (SSSR count). The van der Waals surface area contributed by atoms with Crippen LogP contribution in [0.5, 0.6) is 0 Å². The molecule has 1 saturated heterocycles. The lowest BCUT2D eigenvalue weighted by Crippen LogP contribution is -2.41. The SMILES string of the molecule is O=C(Cn1ncc2c1CSC2)NC(CN1C(=O)COC1=O)c1ccccc1. The van der Waals surface area contributed by atoms with Gasteiger partial charge in [0.1, 0.15) is 6.54 Å². The molecular formula is C18H18N4O4S. The molecule has 3 amide bonds. The zero-order valence-corrected chi connectivity index (χ0v) is 15.3. The van der Waals surface area contributed by atoms with E-state index in [1.807, 2.05) is 30.3 Å². The van der Waals surface area contributed by atoms with E-state index in [9.17, 15) is 14.4 Å². The van der Waals surface area contributed by atoms with Crippen molar-refractivity contribution in [3.8, 4) is 0 Å². The molecule has 2 aromatic rings. The Hall–Kier alpha value is -2.81. The van der Waals surface area contributed by atoms with Crippen LogP contribution in [-0.2, 0) is 32.4 Å². The summed E-state index contributed by atoms with van der Waals surface area (Å²) in [7, 11) is 0. The van der Waals surface area contributed by atoms with E-state index >= 15 is 0 Å². The number of ether oxygens (including phenoxy) is 1. The molecule has 1 aromatic heterocycles. The predicted octanol–water partition coefficient (Wildman–Crippen LogP) is 1.47. The number of thioether (sulfide) groups is 1. The minimum atomic E-state index is -0.683. The molecule has 1 aromatic carbocycles. The van der Waals surface area contributed by atoms with Crippen molar-refractivity contribution in [2.45, 2.75) is 24.1 Å². The number of hydrogen-bond donors (Lipinski definition) is 1. The third-order valence-corrected chi connectivity index (χ3v) is 5.56. The normalized spacial score (nSPS) is 17.0. The fourth-order valence-electron chi connectivity index (χ4n) is 3.17. The first-order valence-corrected chi connectivity index (χ1v) is 9.70. The summed E-state index contributed by atoms with van der Waals surface area (Å²) in [5.74, 6) is 1.13.